The van der Waals surface area contributed by atoms with Crippen molar-refractivity contribution in [1.29, 1.82) is 0 Å². The first-order chi connectivity index (χ1) is 13.8. The molecular formula is C22H28N2O4S. The molecule has 0 unspecified atom stereocenters. The number of anilines is 1. The maximum Gasteiger partial charge on any atom is 0.261 e. The van der Waals surface area contributed by atoms with Crippen LogP contribution in [0.25, 0.3) is 0 Å². The van der Waals surface area contributed by atoms with Crippen molar-refractivity contribution < 1.29 is 17.9 Å². The van der Waals surface area contributed by atoms with Crippen molar-refractivity contribution in [1.82, 2.24) is 5.32 Å². The molecule has 1 amide bonds. The van der Waals surface area contributed by atoms with E-state index in [0.717, 1.165) is 25.5 Å². The molecule has 0 fully saturated rings. The number of carbonyl (C=O) groups excluding carboxylic acids is 1. The molecule has 0 saturated carbocycles. The highest BCUT2D eigenvalue weighted by molar-refractivity contribution is 7.92. The predicted molar refractivity (Wildman–Crippen MR) is 115 cm³/mol. The Bertz CT molecular complexity index is 957. The van der Waals surface area contributed by atoms with Crippen molar-refractivity contribution in [3.8, 4) is 5.75 Å². The van der Waals surface area contributed by atoms with Gasteiger partial charge in [-0.1, -0.05) is 31.2 Å². The highest BCUT2D eigenvalue weighted by atomic mass is 32.2. The number of amides is 1. The second kappa shape index (κ2) is 8.86. The van der Waals surface area contributed by atoms with Gasteiger partial charge < -0.3 is 10.1 Å². The monoisotopic (exact) mass is 416 g/mol. The lowest BCUT2D eigenvalue weighted by Gasteiger charge is -2.28. The minimum Gasteiger partial charge on any atom is -0.481 e. The van der Waals surface area contributed by atoms with E-state index in [4.69, 9.17) is 4.74 Å². The molecule has 1 aliphatic rings. The van der Waals surface area contributed by atoms with Gasteiger partial charge >= 0.3 is 0 Å². The zero-order valence-electron chi connectivity index (χ0n) is 17.1. The summed E-state index contributed by atoms with van der Waals surface area (Å²) in [5.41, 5.74) is 3.02. The number of rotatable bonds is 7. The number of fused-ring (bicyclic) bond motifs is 1. The Hall–Kier alpha value is -2.54. The van der Waals surface area contributed by atoms with E-state index in [-0.39, 0.29) is 11.9 Å². The lowest BCUT2D eigenvalue weighted by Crippen LogP contribution is -2.41. The van der Waals surface area contributed by atoms with E-state index in [1.54, 1.807) is 24.3 Å². The summed E-state index contributed by atoms with van der Waals surface area (Å²) in [7, 11) is -1.83. The average molecular weight is 417 g/mol. The largest absolute Gasteiger partial charge is 0.481 e. The van der Waals surface area contributed by atoms with Crippen LogP contribution >= 0.6 is 0 Å². The summed E-state index contributed by atoms with van der Waals surface area (Å²) < 4.78 is 30.4. The van der Waals surface area contributed by atoms with E-state index < -0.39 is 16.1 Å². The van der Waals surface area contributed by atoms with Gasteiger partial charge in [0.1, 0.15) is 5.75 Å². The summed E-state index contributed by atoms with van der Waals surface area (Å²) in [6, 6.07) is 14.9. The molecular weight excluding hydrogens is 388 g/mol. The Kier molecular flexibility index (Phi) is 6.47. The van der Waals surface area contributed by atoms with Crippen LogP contribution in [0.2, 0.25) is 0 Å². The number of hydrogen-bond acceptors (Lipinski definition) is 4. The molecule has 2 atom stereocenters. The second-order valence-electron chi connectivity index (χ2n) is 7.39. The Labute approximate surface area is 172 Å². The van der Waals surface area contributed by atoms with Gasteiger partial charge in [-0.15, -0.1) is 0 Å². The Morgan fingerprint density at radius 2 is 1.90 bits per heavy atom. The summed E-state index contributed by atoms with van der Waals surface area (Å²) in [5.74, 6) is 0.397. The molecule has 0 heterocycles. The van der Waals surface area contributed by atoms with Crippen molar-refractivity contribution in [3.63, 3.8) is 0 Å². The van der Waals surface area contributed by atoms with Crippen molar-refractivity contribution in [3.05, 3.63) is 59.7 Å². The van der Waals surface area contributed by atoms with Crippen molar-refractivity contribution in [2.45, 2.75) is 44.8 Å². The summed E-state index contributed by atoms with van der Waals surface area (Å²) in [5, 5.41) is 3.14. The molecule has 3 rings (SSSR count). The van der Waals surface area contributed by atoms with Gasteiger partial charge in [-0.25, -0.2) is 8.42 Å². The SMILES string of the molecule is CC[C@@H](Oc1ccc(N(C)S(C)(=O)=O)cc1)C(=O)N[C@@H]1CCCc2ccccc21. The van der Waals surface area contributed by atoms with Crippen LogP contribution in [0, 0.1) is 0 Å². The lowest BCUT2D eigenvalue weighted by atomic mass is 9.87. The van der Waals surface area contributed by atoms with Crippen molar-refractivity contribution in [2.24, 2.45) is 0 Å². The van der Waals surface area contributed by atoms with E-state index >= 15 is 0 Å². The number of hydrogen-bond donors (Lipinski definition) is 1. The zero-order chi connectivity index (χ0) is 21.0. The molecule has 0 spiro atoms. The van der Waals surface area contributed by atoms with Crippen LogP contribution < -0.4 is 14.4 Å². The number of benzene rings is 2. The van der Waals surface area contributed by atoms with Crippen LogP contribution in [0.15, 0.2) is 48.5 Å². The van der Waals surface area contributed by atoms with Crippen LogP contribution in [0.3, 0.4) is 0 Å². The topological polar surface area (TPSA) is 75.7 Å². The first kappa shape index (κ1) is 21.2. The van der Waals surface area contributed by atoms with Gasteiger partial charge in [0.15, 0.2) is 6.10 Å². The minimum atomic E-state index is -3.32. The number of nitrogens with one attached hydrogen (secondary N) is 1. The molecule has 0 bridgehead atoms. The molecule has 0 aliphatic heterocycles. The van der Waals surface area contributed by atoms with E-state index in [2.05, 4.69) is 17.4 Å². The fraction of sp³-hybridized carbons (Fsp3) is 0.409. The smallest absolute Gasteiger partial charge is 0.261 e. The number of sulfonamides is 1. The molecule has 29 heavy (non-hydrogen) atoms. The lowest BCUT2D eigenvalue weighted by molar-refractivity contribution is -0.129. The number of carbonyl (C=O) groups is 1. The first-order valence-electron chi connectivity index (χ1n) is 9.88. The minimum absolute atomic E-state index is 0.0101. The third-order valence-electron chi connectivity index (χ3n) is 5.33. The maximum atomic E-state index is 12.8. The first-order valence-corrected chi connectivity index (χ1v) is 11.7. The molecule has 7 heteroatoms. The van der Waals surface area contributed by atoms with Crippen LogP contribution in [0.5, 0.6) is 5.75 Å². The summed E-state index contributed by atoms with van der Waals surface area (Å²) >= 11 is 0. The maximum absolute atomic E-state index is 12.8. The summed E-state index contributed by atoms with van der Waals surface area (Å²) in [4.78, 5) is 12.8. The molecule has 156 valence electrons. The highest BCUT2D eigenvalue weighted by Gasteiger charge is 2.26. The third-order valence-corrected chi connectivity index (χ3v) is 6.53. The molecule has 0 aromatic heterocycles. The van der Waals surface area contributed by atoms with Gasteiger partial charge in [-0.2, -0.15) is 0 Å². The van der Waals surface area contributed by atoms with E-state index in [1.165, 1.54) is 22.5 Å². The fourth-order valence-electron chi connectivity index (χ4n) is 3.58. The molecule has 1 N–H and O–H groups in total. The van der Waals surface area contributed by atoms with Crippen LogP contribution in [-0.2, 0) is 21.2 Å². The third kappa shape index (κ3) is 5.09. The molecule has 1 aliphatic carbocycles. The average Bonchev–Trinajstić information content (AvgIpc) is 2.71. The summed E-state index contributed by atoms with van der Waals surface area (Å²) in [6.45, 7) is 1.91. The Morgan fingerprint density at radius 3 is 2.55 bits per heavy atom. The highest BCUT2D eigenvalue weighted by Crippen LogP contribution is 2.30. The Balaban J connectivity index is 1.67. The van der Waals surface area contributed by atoms with Crippen LogP contribution in [-0.4, -0.2) is 33.7 Å². The van der Waals surface area contributed by atoms with Gasteiger partial charge in [0.2, 0.25) is 10.0 Å². The standard InChI is InChI=1S/C22H28N2O4S/c1-4-21(28-18-14-12-17(13-15-18)24(2)29(3,26)27)22(25)23-20-11-7-9-16-8-5-6-10-19(16)20/h5-6,8,10,12-15,20-21H,4,7,9,11H2,1-3H3,(H,23,25)/t20-,21-/m1/s1. The normalized spacial score (nSPS) is 17.1. The number of ether oxygens (including phenoxy) is 1. The van der Waals surface area contributed by atoms with Crippen LogP contribution in [0.1, 0.15) is 43.4 Å². The number of nitrogens with zero attached hydrogens (tertiary/aromatic N) is 1. The Morgan fingerprint density at radius 1 is 1.21 bits per heavy atom. The van der Waals surface area contributed by atoms with Gasteiger partial charge in [0, 0.05) is 7.05 Å². The van der Waals surface area contributed by atoms with Crippen molar-refractivity contribution in [2.75, 3.05) is 17.6 Å². The molecule has 6 nitrogen and oxygen atoms in total. The van der Waals surface area contributed by atoms with Gasteiger partial charge in [0.05, 0.1) is 18.0 Å². The second-order valence-corrected chi connectivity index (χ2v) is 9.41. The molecule has 0 radical (unpaired) electrons. The van der Waals surface area contributed by atoms with Gasteiger partial charge in [-0.05, 0) is 61.1 Å². The molecule has 2 aromatic carbocycles. The fourth-order valence-corrected chi connectivity index (χ4v) is 4.09. The van der Waals surface area contributed by atoms with Gasteiger partial charge in [0.25, 0.3) is 5.91 Å². The zero-order valence-corrected chi connectivity index (χ0v) is 17.9. The van der Waals surface area contributed by atoms with E-state index in [9.17, 15) is 13.2 Å². The van der Waals surface area contributed by atoms with Crippen LogP contribution in [0.4, 0.5) is 5.69 Å². The van der Waals surface area contributed by atoms with Crippen molar-refractivity contribution >= 4 is 21.6 Å². The van der Waals surface area contributed by atoms with Gasteiger partial charge in [-0.3, -0.25) is 9.10 Å². The van der Waals surface area contributed by atoms with E-state index in [1.807, 2.05) is 19.1 Å². The number of aryl methyl sites for hydroxylation is 1. The summed E-state index contributed by atoms with van der Waals surface area (Å²) in [6.07, 6.45) is 4.09. The predicted octanol–water partition coefficient (Wildman–Crippen LogP) is 3.43. The van der Waals surface area contributed by atoms with E-state index in [0.29, 0.717) is 17.9 Å². The molecule has 0 saturated heterocycles. The molecule has 2 aromatic rings. The quantitative estimate of drug-likeness (QED) is 0.750.